The molecule has 1 fully saturated rings. The van der Waals surface area contributed by atoms with Crippen LogP contribution in [0.2, 0.25) is 0 Å². The summed E-state index contributed by atoms with van der Waals surface area (Å²) in [6.45, 7) is 7.86. The van der Waals surface area contributed by atoms with E-state index in [0.29, 0.717) is 6.04 Å². The molecule has 0 aromatic rings. The Balaban J connectivity index is 2.39. The average Bonchev–Trinajstić information content (AvgIpc) is 2.90. The molecule has 0 spiro atoms. The fourth-order valence-corrected chi connectivity index (χ4v) is 2.72. The van der Waals surface area contributed by atoms with Crippen LogP contribution in [0.15, 0.2) is 4.99 Å². The Morgan fingerprint density at radius 1 is 1.45 bits per heavy atom. The SMILES string of the molecule is CCNC(=NCC1CCCN1CCOC)NCCSC. The van der Waals surface area contributed by atoms with Crippen LogP contribution in [-0.2, 0) is 4.74 Å². The number of thioether (sulfide) groups is 1. The van der Waals surface area contributed by atoms with Crippen LogP contribution < -0.4 is 10.6 Å². The minimum Gasteiger partial charge on any atom is -0.383 e. The van der Waals surface area contributed by atoms with Gasteiger partial charge in [-0.2, -0.15) is 11.8 Å². The second-order valence-corrected chi connectivity index (χ2v) is 5.95. The first kappa shape index (κ1) is 17.6. The number of rotatable bonds is 9. The highest BCUT2D eigenvalue weighted by Crippen LogP contribution is 2.16. The van der Waals surface area contributed by atoms with Crippen molar-refractivity contribution in [3.63, 3.8) is 0 Å². The van der Waals surface area contributed by atoms with Crippen molar-refractivity contribution in [1.82, 2.24) is 15.5 Å². The van der Waals surface area contributed by atoms with Gasteiger partial charge in [-0.3, -0.25) is 9.89 Å². The van der Waals surface area contributed by atoms with Gasteiger partial charge in [-0.05, 0) is 32.6 Å². The minimum atomic E-state index is 0.571. The van der Waals surface area contributed by atoms with Crippen molar-refractivity contribution in [3.8, 4) is 0 Å². The molecule has 0 radical (unpaired) electrons. The number of nitrogens with one attached hydrogen (secondary N) is 2. The Kier molecular flexibility index (Phi) is 9.87. The molecular formula is C14H30N4OS. The van der Waals surface area contributed by atoms with Crippen molar-refractivity contribution >= 4 is 17.7 Å². The molecule has 1 atom stereocenters. The molecule has 0 aliphatic carbocycles. The lowest BCUT2D eigenvalue weighted by atomic mass is 10.2. The summed E-state index contributed by atoms with van der Waals surface area (Å²) < 4.78 is 5.18. The van der Waals surface area contributed by atoms with E-state index in [9.17, 15) is 0 Å². The maximum absolute atomic E-state index is 5.18. The Hall–Kier alpha value is -0.460. The monoisotopic (exact) mass is 302 g/mol. The number of likely N-dealkylation sites (tertiary alicyclic amines) is 1. The summed E-state index contributed by atoms with van der Waals surface area (Å²) in [7, 11) is 1.77. The molecule has 118 valence electrons. The summed E-state index contributed by atoms with van der Waals surface area (Å²) in [5.41, 5.74) is 0. The molecule has 2 N–H and O–H groups in total. The lowest BCUT2D eigenvalue weighted by molar-refractivity contribution is 0.143. The lowest BCUT2D eigenvalue weighted by Crippen LogP contribution is -2.40. The van der Waals surface area contributed by atoms with E-state index in [1.165, 1.54) is 19.4 Å². The molecule has 5 nitrogen and oxygen atoms in total. The normalized spacial score (nSPS) is 20.4. The van der Waals surface area contributed by atoms with E-state index in [2.05, 4.69) is 28.7 Å². The summed E-state index contributed by atoms with van der Waals surface area (Å²) in [6.07, 6.45) is 4.65. The van der Waals surface area contributed by atoms with Gasteiger partial charge in [-0.15, -0.1) is 0 Å². The predicted molar refractivity (Wildman–Crippen MR) is 88.8 cm³/mol. The van der Waals surface area contributed by atoms with Crippen LogP contribution in [0.3, 0.4) is 0 Å². The zero-order valence-corrected chi connectivity index (χ0v) is 14.0. The molecule has 20 heavy (non-hydrogen) atoms. The summed E-state index contributed by atoms with van der Waals surface area (Å²) in [5, 5.41) is 6.69. The van der Waals surface area contributed by atoms with Crippen molar-refractivity contribution in [3.05, 3.63) is 0 Å². The third-order valence-corrected chi connectivity index (χ3v) is 4.10. The van der Waals surface area contributed by atoms with Crippen LogP contribution >= 0.6 is 11.8 Å². The van der Waals surface area contributed by atoms with Crippen molar-refractivity contribution in [1.29, 1.82) is 0 Å². The van der Waals surface area contributed by atoms with Gasteiger partial charge in [-0.25, -0.2) is 0 Å². The van der Waals surface area contributed by atoms with Gasteiger partial charge in [0.05, 0.1) is 13.2 Å². The molecule has 1 rings (SSSR count). The number of aliphatic imine (C=N–C) groups is 1. The molecule has 0 saturated carbocycles. The van der Waals surface area contributed by atoms with Gasteiger partial charge in [0.2, 0.25) is 0 Å². The summed E-state index contributed by atoms with van der Waals surface area (Å²) in [5.74, 6) is 2.05. The molecular weight excluding hydrogens is 272 g/mol. The van der Waals surface area contributed by atoms with E-state index in [0.717, 1.165) is 44.5 Å². The summed E-state index contributed by atoms with van der Waals surface area (Å²) >= 11 is 1.85. The fraction of sp³-hybridized carbons (Fsp3) is 0.929. The molecule has 1 unspecified atom stereocenters. The van der Waals surface area contributed by atoms with Crippen LogP contribution in [-0.4, -0.2) is 75.4 Å². The Morgan fingerprint density at radius 2 is 2.30 bits per heavy atom. The second kappa shape index (κ2) is 11.2. The molecule has 1 heterocycles. The summed E-state index contributed by atoms with van der Waals surface area (Å²) in [4.78, 5) is 7.23. The van der Waals surface area contributed by atoms with E-state index >= 15 is 0 Å². The zero-order valence-electron chi connectivity index (χ0n) is 13.2. The highest BCUT2D eigenvalue weighted by atomic mass is 32.2. The van der Waals surface area contributed by atoms with Crippen molar-refractivity contribution in [2.45, 2.75) is 25.8 Å². The Labute approximate surface area is 127 Å². The van der Waals surface area contributed by atoms with Gasteiger partial charge in [0.1, 0.15) is 0 Å². The Morgan fingerprint density at radius 3 is 3.00 bits per heavy atom. The number of hydrogen-bond acceptors (Lipinski definition) is 4. The number of methoxy groups -OCH3 is 1. The summed E-state index contributed by atoms with van der Waals surface area (Å²) in [6, 6.07) is 0.571. The third-order valence-electron chi connectivity index (χ3n) is 3.48. The standard InChI is InChI=1S/C14H30N4OS/c1-4-15-14(16-7-11-20-3)17-12-13-6-5-8-18(13)9-10-19-2/h13H,4-12H2,1-3H3,(H2,15,16,17). The number of ether oxygens (including phenoxy) is 1. The first-order chi connectivity index (χ1) is 9.81. The third kappa shape index (κ3) is 6.81. The molecule has 0 aromatic heterocycles. The molecule has 0 bridgehead atoms. The van der Waals surface area contributed by atoms with Gasteiger partial charge in [0.25, 0.3) is 0 Å². The van der Waals surface area contributed by atoms with Crippen molar-refractivity contribution in [2.24, 2.45) is 4.99 Å². The molecule has 1 aliphatic rings. The molecule has 6 heteroatoms. The second-order valence-electron chi connectivity index (χ2n) is 4.96. The molecule has 1 aliphatic heterocycles. The van der Waals surface area contributed by atoms with Crippen molar-refractivity contribution < 1.29 is 4.74 Å². The van der Waals surface area contributed by atoms with Gasteiger partial charge in [-0.1, -0.05) is 0 Å². The smallest absolute Gasteiger partial charge is 0.191 e. The van der Waals surface area contributed by atoms with Crippen LogP contribution in [0.4, 0.5) is 0 Å². The van der Waals surface area contributed by atoms with E-state index in [1.54, 1.807) is 7.11 Å². The van der Waals surface area contributed by atoms with E-state index < -0.39 is 0 Å². The quantitative estimate of drug-likeness (QED) is 0.378. The molecule has 1 saturated heterocycles. The maximum atomic E-state index is 5.18. The van der Waals surface area contributed by atoms with Gasteiger partial charge < -0.3 is 15.4 Å². The van der Waals surface area contributed by atoms with Crippen LogP contribution in [0, 0.1) is 0 Å². The highest BCUT2D eigenvalue weighted by molar-refractivity contribution is 7.98. The number of hydrogen-bond donors (Lipinski definition) is 2. The first-order valence-electron chi connectivity index (χ1n) is 7.56. The number of nitrogens with zero attached hydrogens (tertiary/aromatic N) is 2. The average molecular weight is 302 g/mol. The number of guanidine groups is 1. The van der Waals surface area contributed by atoms with Gasteiger partial charge in [0, 0.05) is 38.5 Å². The molecule has 0 amide bonds. The first-order valence-corrected chi connectivity index (χ1v) is 8.95. The molecule has 0 aromatic carbocycles. The van der Waals surface area contributed by atoms with Crippen LogP contribution in [0.1, 0.15) is 19.8 Å². The largest absolute Gasteiger partial charge is 0.383 e. The van der Waals surface area contributed by atoms with E-state index in [1.807, 2.05) is 11.8 Å². The zero-order chi connectivity index (χ0) is 14.6. The predicted octanol–water partition coefficient (Wildman–Crippen LogP) is 1.02. The topological polar surface area (TPSA) is 48.9 Å². The van der Waals surface area contributed by atoms with Gasteiger partial charge in [0.15, 0.2) is 5.96 Å². The minimum absolute atomic E-state index is 0.571. The highest BCUT2D eigenvalue weighted by Gasteiger charge is 2.23. The fourth-order valence-electron chi connectivity index (χ4n) is 2.41. The maximum Gasteiger partial charge on any atom is 0.191 e. The van der Waals surface area contributed by atoms with E-state index in [-0.39, 0.29) is 0 Å². The van der Waals surface area contributed by atoms with Crippen molar-refractivity contribution in [2.75, 3.05) is 58.4 Å². The van der Waals surface area contributed by atoms with Gasteiger partial charge >= 0.3 is 0 Å². The van der Waals surface area contributed by atoms with E-state index in [4.69, 9.17) is 9.73 Å². The Bertz CT molecular complexity index is 276. The van der Waals surface area contributed by atoms with Crippen LogP contribution in [0.25, 0.3) is 0 Å². The van der Waals surface area contributed by atoms with Crippen LogP contribution in [0.5, 0.6) is 0 Å². The lowest BCUT2D eigenvalue weighted by Gasteiger charge is -2.23.